The van der Waals surface area contributed by atoms with Gasteiger partial charge in [0.05, 0.1) is 24.1 Å². The first kappa shape index (κ1) is 16.8. The van der Waals surface area contributed by atoms with Crippen molar-refractivity contribution in [2.24, 2.45) is 5.41 Å². The molecule has 3 rings (SSSR count). The monoisotopic (exact) mass is 325 g/mol. The number of hydrogen-bond donors (Lipinski definition) is 1. The summed E-state index contributed by atoms with van der Waals surface area (Å²) in [5.74, 6) is 1.60. The first-order valence-corrected chi connectivity index (χ1v) is 8.67. The molecule has 1 fully saturated rings. The maximum Gasteiger partial charge on any atom is 0.150 e. The molecule has 0 aliphatic carbocycles. The third-order valence-corrected chi connectivity index (χ3v) is 4.29. The van der Waals surface area contributed by atoms with Gasteiger partial charge >= 0.3 is 0 Å². The molecule has 0 unspecified atom stereocenters. The molecule has 128 valence electrons. The van der Waals surface area contributed by atoms with Gasteiger partial charge in [-0.3, -0.25) is 9.88 Å². The maximum absolute atomic E-state index is 4.82. The second kappa shape index (κ2) is 6.85. The topological polar surface area (TPSA) is 53.9 Å². The summed E-state index contributed by atoms with van der Waals surface area (Å²) in [6.07, 6.45) is 7.83. The van der Waals surface area contributed by atoms with Gasteiger partial charge in [-0.05, 0) is 43.4 Å². The number of rotatable bonds is 4. The molecule has 0 radical (unpaired) electrons. The van der Waals surface area contributed by atoms with E-state index in [0.29, 0.717) is 6.04 Å². The van der Waals surface area contributed by atoms with E-state index in [4.69, 9.17) is 4.98 Å². The average molecular weight is 325 g/mol. The van der Waals surface area contributed by atoms with Gasteiger partial charge in [-0.25, -0.2) is 9.97 Å². The standard InChI is InChI=1S/C19H27N5/c1-14-7-5-9-21-18(14)23-17-12-20-11-15(22-17)16-8-6-10-24(16)13-19(2,3)4/h5,7,9,11-12,16H,6,8,10,13H2,1-4H3,(H,21,22,23)/t16-/m1/s1. The predicted molar refractivity (Wildman–Crippen MR) is 97.3 cm³/mol. The van der Waals surface area contributed by atoms with Crippen LogP contribution in [0, 0.1) is 12.3 Å². The highest BCUT2D eigenvalue weighted by atomic mass is 15.2. The lowest BCUT2D eigenvalue weighted by Crippen LogP contribution is -2.32. The van der Waals surface area contributed by atoms with Crippen LogP contribution in [0.5, 0.6) is 0 Å². The van der Waals surface area contributed by atoms with Gasteiger partial charge in [0.15, 0.2) is 0 Å². The molecule has 5 nitrogen and oxygen atoms in total. The molecule has 0 bridgehead atoms. The molecule has 2 aromatic heterocycles. The minimum absolute atomic E-state index is 0.289. The number of likely N-dealkylation sites (tertiary alicyclic amines) is 1. The molecule has 3 heterocycles. The Kier molecular flexibility index (Phi) is 4.81. The Morgan fingerprint density at radius 3 is 2.88 bits per heavy atom. The fourth-order valence-corrected chi connectivity index (χ4v) is 3.30. The Labute approximate surface area is 144 Å². The Morgan fingerprint density at radius 2 is 2.12 bits per heavy atom. The zero-order valence-corrected chi connectivity index (χ0v) is 15.1. The van der Waals surface area contributed by atoms with Crippen molar-refractivity contribution in [3.8, 4) is 0 Å². The molecular weight excluding hydrogens is 298 g/mol. The lowest BCUT2D eigenvalue weighted by molar-refractivity contribution is 0.175. The zero-order chi connectivity index (χ0) is 17.2. The van der Waals surface area contributed by atoms with Crippen LogP contribution in [-0.4, -0.2) is 32.9 Å². The Hall–Kier alpha value is -2.01. The van der Waals surface area contributed by atoms with E-state index >= 15 is 0 Å². The normalized spacial score (nSPS) is 18.8. The Bertz CT molecular complexity index is 692. The lowest BCUT2D eigenvalue weighted by atomic mass is 9.95. The highest BCUT2D eigenvalue weighted by Crippen LogP contribution is 2.33. The smallest absolute Gasteiger partial charge is 0.150 e. The maximum atomic E-state index is 4.82. The summed E-state index contributed by atoms with van der Waals surface area (Å²) in [7, 11) is 0. The second-order valence-corrected chi connectivity index (χ2v) is 7.81. The first-order valence-electron chi connectivity index (χ1n) is 8.67. The van der Waals surface area contributed by atoms with Crippen molar-refractivity contribution in [2.45, 2.75) is 46.6 Å². The van der Waals surface area contributed by atoms with Gasteiger partial charge in [0.2, 0.25) is 0 Å². The molecular formula is C19H27N5. The number of aryl methyl sites for hydroxylation is 1. The van der Waals surface area contributed by atoms with E-state index in [2.05, 4.69) is 41.0 Å². The van der Waals surface area contributed by atoms with Crippen LogP contribution < -0.4 is 5.32 Å². The zero-order valence-electron chi connectivity index (χ0n) is 15.1. The Morgan fingerprint density at radius 1 is 1.29 bits per heavy atom. The molecule has 2 aromatic rings. The van der Waals surface area contributed by atoms with Crippen molar-refractivity contribution < 1.29 is 0 Å². The molecule has 1 saturated heterocycles. The molecule has 0 saturated carbocycles. The third-order valence-electron chi connectivity index (χ3n) is 4.29. The number of hydrogen-bond acceptors (Lipinski definition) is 5. The van der Waals surface area contributed by atoms with Gasteiger partial charge in [-0.15, -0.1) is 0 Å². The fourth-order valence-electron chi connectivity index (χ4n) is 3.30. The summed E-state index contributed by atoms with van der Waals surface area (Å²) in [4.78, 5) is 16.1. The summed E-state index contributed by atoms with van der Waals surface area (Å²) in [5, 5.41) is 3.30. The van der Waals surface area contributed by atoms with E-state index < -0.39 is 0 Å². The molecule has 1 aliphatic heterocycles. The highest BCUT2D eigenvalue weighted by molar-refractivity contribution is 5.54. The van der Waals surface area contributed by atoms with Crippen LogP contribution in [-0.2, 0) is 0 Å². The summed E-state index contributed by atoms with van der Waals surface area (Å²) in [6.45, 7) is 11.1. The van der Waals surface area contributed by atoms with Crippen LogP contribution in [0.25, 0.3) is 0 Å². The first-order chi connectivity index (χ1) is 11.4. The van der Waals surface area contributed by atoms with Crippen molar-refractivity contribution in [3.63, 3.8) is 0 Å². The van der Waals surface area contributed by atoms with Gasteiger partial charge < -0.3 is 5.32 Å². The summed E-state index contributed by atoms with van der Waals surface area (Å²) < 4.78 is 0. The number of aromatic nitrogens is 3. The molecule has 1 atom stereocenters. The highest BCUT2D eigenvalue weighted by Gasteiger charge is 2.30. The number of nitrogens with zero attached hydrogens (tertiary/aromatic N) is 4. The fraction of sp³-hybridized carbons (Fsp3) is 0.526. The van der Waals surface area contributed by atoms with Crippen molar-refractivity contribution >= 4 is 11.6 Å². The second-order valence-electron chi connectivity index (χ2n) is 7.81. The van der Waals surface area contributed by atoms with Crippen LogP contribution in [0.1, 0.15) is 50.9 Å². The molecule has 0 aromatic carbocycles. The predicted octanol–water partition coefficient (Wildman–Crippen LogP) is 4.11. The average Bonchev–Trinajstić information content (AvgIpc) is 2.96. The summed E-state index contributed by atoms with van der Waals surface area (Å²) in [6, 6.07) is 4.34. The number of anilines is 2. The van der Waals surface area contributed by atoms with Crippen LogP contribution in [0.2, 0.25) is 0 Å². The minimum Gasteiger partial charge on any atom is -0.323 e. The quantitative estimate of drug-likeness (QED) is 0.917. The van der Waals surface area contributed by atoms with Crippen LogP contribution in [0.4, 0.5) is 11.6 Å². The molecule has 0 spiro atoms. The van der Waals surface area contributed by atoms with Crippen LogP contribution in [0.3, 0.4) is 0 Å². The van der Waals surface area contributed by atoms with Gasteiger partial charge in [-0.1, -0.05) is 26.8 Å². The summed E-state index contributed by atoms with van der Waals surface area (Å²) in [5.41, 5.74) is 2.44. The van der Waals surface area contributed by atoms with Crippen molar-refractivity contribution in [3.05, 3.63) is 42.0 Å². The van der Waals surface area contributed by atoms with Gasteiger partial charge in [0, 0.05) is 12.7 Å². The van der Waals surface area contributed by atoms with E-state index in [1.807, 2.05) is 25.3 Å². The van der Waals surface area contributed by atoms with E-state index in [9.17, 15) is 0 Å². The molecule has 0 amide bonds. The van der Waals surface area contributed by atoms with Crippen LogP contribution >= 0.6 is 0 Å². The minimum atomic E-state index is 0.289. The van der Waals surface area contributed by atoms with E-state index in [1.165, 1.54) is 6.42 Å². The number of pyridine rings is 1. The molecule has 24 heavy (non-hydrogen) atoms. The largest absolute Gasteiger partial charge is 0.323 e. The van der Waals surface area contributed by atoms with E-state index in [1.54, 1.807) is 12.4 Å². The van der Waals surface area contributed by atoms with E-state index in [0.717, 1.165) is 42.4 Å². The Balaban J connectivity index is 1.79. The van der Waals surface area contributed by atoms with Crippen molar-refractivity contribution in [1.82, 2.24) is 19.9 Å². The number of nitrogens with one attached hydrogen (secondary N) is 1. The van der Waals surface area contributed by atoms with Crippen molar-refractivity contribution in [1.29, 1.82) is 0 Å². The van der Waals surface area contributed by atoms with E-state index in [-0.39, 0.29) is 5.41 Å². The molecule has 1 N–H and O–H groups in total. The SMILES string of the molecule is Cc1cccnc1Nc1cncc([C@H]2CCCN2CC(C)(C)C)n1. The molecule has 5 heteroatoms. The lowest BCUT2D eigenvalue weighted by Gasteiger charge is -2.30. The van der Waals surface area contributed by atoms with Crippen LogP contribution in [0.15, 0.2) is 30.7 Å². The van der Waals surface area contributed by atoms with Gasteiger partial charge in [0.25, 0.3) is 0 Å². The third kappa shape index (κ3) is 4.09. The van der Waals surface area contributed by atoms with Crippen molar-refractivity contribution in [2.75, 3.05) is 18.4 Å². The molecule has 1 aliphatic rings. The van der Waals surface area contributed by atoms with Gasteiger partial charge in [-0.2, -0.15) is 0 Å². The summed E-state index contributed by atoms with van der Waals surface area (Å²) >= 11 is 0. The van der Waals surface area contributed by atoms with Gasteiger partial charge in [0.1, 0.15) is 11.6 Å².